The molecule has 0 fully saturated rings. The number of aromatic nitrogens is 2. The minimum absolute atomic E-state index is 0.0163. The van der Waals surface area contributed by atoms with Crippen LogP contribution in [0.2, 0.25) is 0 Å². The lowest BCUT2D eigenvalue weighted by Crippen LogP contribution is -2.14. The Hall–Kier alpha value is -3.13. The van der Waals surface area contributed by atoms with Gasteiger partial charge in [0.1, 0.15) is 5.75 Å². The molecule has 3 rings (SSSR count). The molecule has 0 aliphatic carbocycles. The van der Waals surface area contributed by atoms with Crippen LogP contribution in [0.3, 0.4) is 0 Å². The van der Waals surface area contributed by atoms with Gasteiger partial charge in [0.05, 0.1) is 11.0 Å². The fraction of sp³-hybridized carbons (Fsp3) is 0.200. The maximum absolute atomic E-state index is 12.5. The third-order valence-corrected chi connectivity index (χ3v) is 5.19. The first-order valence-corrected chi connectivity index (χ1v) is 10.3. The minimum atomic E-state index is -3.77. The highest BCUT2D eigenvalue weighted by atomic mass is 32.2. The summed E-state index contributed by atoms with van der Waals surface area (Å²) in [5.41, 5.74) is 1.98. The van der Waals surface area contributed by atoms with Crippen LogP contribution < -0.4 is 14.8 Å². The van der Waals surface area contributed by atoms with Crippen molar-refractivity contribution in [1.29, 1.82) is 0 Å². The molecule has 0 unspecified atom stereocenters. The molecule has 0 radical (unpaired) electrons. The third-order valence-electron chi connectivity index (χ3n) is 3.82. The number of ether oxygens (including phenoxy) is 1. The average Bonchev–Trinajstić information content (AvgIpc) is 2.65. The van der Waals surface area contributed by atoms with Gasteiger partial charge < -0.3 is 10.1 Å². The van der Waals surface area contributed by atoms with Crippen molar-refractivity contribution >= 4 is 27.3 Å². The average molecular weight is 398 g/mol. The topological polar surface area (TPSA) is 93.2 Å². The van der Waals surface area contributed by atoms with Crippen LogP contribution >= 0.6 is 0 Å². The van der Waals surface area contributed by atoms with E-state index in [0.717, 1.165) is 11.3 Å². The van der Waals surface area contributed by atoms with Gasteiger partial charge in [0.25, 0.3) is 10.0 Å². The molecule has 0 amide bonds. The molecule has 0 saturated heterocycles. The molecule has 0 saturated carbocycles. The minimum Gasteiger partial charge on any atom is -0.491 e. The molecular formula is C20H22N4O3S. The first kappa shape index (κ1) is 19.6. The zero-order chi connectivity index (χ0) is 20.1. The monoisotopic (exact) mass is 398 g/mol. The highest BCUT2D eigenvalue weighted by Gasteiger charge is 2.15. The van der Waals surface area contributed by atoms with E-state index in [1.165, 1.54) is 12.1 Å². The van der Waals surface area contributed by atoms with Crippen LogP contribution in [0.4, 0.5) is 17.3 Å². The van der Waals surface area contributed by atoms with Crippen LogP contribution in [0.1, 0.15) is 19.4 Å². The number of nitrogens with one attached hydrogen (secondary N) is 2. The number of hydrogen-bond acceptors (Lipinski definition) is 6. The Kier molecular flexibility index (Phi) is 5.79. The first-order chi connectivity index (χ1) is 13.3. The predicted molar refractivity (Wildman–Crippen MR) is 110 cm³/mol. The molecular weight excluding hydrogens is 376 g/mol. The van der Waals surface area contributed by atoms with Crippen LogP contribution in [0.15, 0.2) is 65.6 Å². The van der Waals surface area contributed by atoms with Gasteiger partial charge in [0, 0.05) is 5.69 Å². The number of sulfonamides is 1. The zero-order valence-corrected chi connectivity index (χ0v) is 16.7. The number of rotatable bonds is 7. The molecule has 0 spiro atoms. The highest BCUT2D eigenvalue weighted by Crippen LogP contribution is 2.21. The van der Waals surface area contributed by atoms with E-state index in [-0.39, 0.29) is 16.8 Å². The molecule has 0 bridgehead atoms. The number of para-hydroxylation sites is 1. The van der Waals surface area contributed by atoms with Crippen LogP contribution in [0.5, 0.6) is 5.75 Å². The summed E-state index contributed by atoms with van der Waals surface area (Å²) in [6.07, 6.45) is 0.0163. The van der Waals surface area contributed by atoms with Gasteiger partial charge in [0.2, 0.25) is 0 Å². The van der Waals surface area contributed by atoms with Crippen molar-refractivity contribution in [1.82, 2.24) is 10.2 Å². The molecule has 2 N–H and O–H groups in total. The zero-order valence-electron chi connectivity index (χ0n) is 15.9. The molecule has 0 atom stereocenters. The van der Waals surface area contributed by atoms with Gasteiger partial charge in [-0.2, -0.15) is 0 Å². The quantitative estimate of drug-likeness (QED) is 0.622. The van der Waals surface area contributed by atoms with Gasteiger partial charge in [-0.1, -0.05) is 18.2 Å². The van der Waals surface area contributed by atoms with Crippen molar-refractivity contribution in [3.63, 3.8) is 0 Å². The molecule has 7 nitrogen and oxygen atoms in total. The van der Waals surface area contributed by atoms with Crippen LogP contribution in [-0.2, 0) is 10.0 Å². The van der Waals surface area contributed by atoms with Crippen molar-refractivity contribution in [3.05, 3.63) is 66.2 Å². The summed E-state index contributed by atoms with van der Waals surface area (Å²) in [7, 11) is -3.77. The van der Waals surface area contributed by atoms with E-state index in [2.05, 4.69) is 20.2 Å². The van der Waals surface area contributed by atoms with E-state index in [9.17, 15) is 8.42 Å². The lowest BCUT2D eigenvalue weighted by Gasteiger charge is -2.11. The summed E-state index contributed by atoms with van der Waals surface area (Å²) in [4.78, 5) is 0.118. The van der Waals surface area contributed by atoms with Crippen LogP contribution in [-0.4, -0.2) is 24.7 Å². The molecule has 1 aromatic heterocycles. The normalized spacial score (nSPS) is 11.3. The Morgan fingerprint density at radius 3 is 2.14 bits per heavy atom. The molecule has 3 aromatic rings. The van der Waals surface area contributed by atoms with E-state index >= 15 is 0 Å². The molecule has 1 heterocycles. The molecule has 2 aromatic carbocycles. The van der Waals surface area contributed by atoms with Gasteiger partial charge in [-0.25, -0.2) is 8.42 Å². The van der Waals surface area contributed by atoms with Gasteiger partial charge in [-0.15, -0.1) is 10.2 Å². The maximum atomic E-state index is 12.5. The van der Waals surface area contributed by atoms with Crippen molar-refractivity contribution in [2.45, 2.75) is 31.8 Å². The molecule has 28 heavy (non-hydrogen) atoms. The van der Waals surface area contributed by atoms with Crippen molar-refractivity contribution in [2.24, 2.45) is 0 Å². The fourth-order valence-electron chi connectivity index (χ4n) is 2.47. The van der Waals surface area contributed by atoms with E-state index in [4.69, 9.17) is 4.74 Å². The number of nitrogens with zero attached hydrogens (tertiary/aromatic N) is 2. The van der Waals surface area contributed by atoms with Crippen molar-refractivity contribution in [2.75, 3.05) is 10.0 Å². The van der Waals surface area contributed by atoms with Crippen molar-refractivity contribution in [3.8, 4) is 5.75 Å². The Morgan fingerprint density at radius 2 is 1.54 bits per heavy atom. The lowest BCUT2D eigenvalue weighted by atomic mass is 10.2. The standard InChI is InChI=1S/C20H22N4O3S/c1-14(2)27-16-8-10-17(11-9-16)28(25,26)24-20-13-12-19(22-23-20)21-18-7-5-4-6-15(18)3/h4-14H,1-3H3,(H,21,22)(H,23,24). The second-order valence-electron chi connectivity index (χ2n) is 6.49. The number of hydrogen-bond donors (Lipinski definition) is 2. The van der Waals surface area contributed by atoms with Gasteiger partial charge in [-0.3, -0.25) is 4.72 Å². The van der Waals surface area contributed by atoms with Gasteiger partial charge in [0.15, 0.2) is 11.6 Å². The molecule has 8 heteroatoms. The lowest BCUT2D eigenvalue weighted by molar-refractivity contribution is 0.242. The maximum Gasteiger partial charge on any atom is 0.263 e. The van der Waals surface area contributed by atoms with Crippen molar-refractivity contribution < 1.29 is 13.2 Å². The number of anilines is 3. The Labute approximate surface area is 164 Å². The molecule has 146 valence electrons. The van der Waals surface area contributed by atoms with Crippen LogP contribution in [0.25, 0.3) is 0 Å². The van der Waals surface area contributed by atoms with Crippen LogP contribution in [0, 0.1) is 6.92 Å². The predicted octanol–water partition coefficient (Wildman–Crippen LogP) is 4.12. The summed E-state index contributed by atoms with van der Waals surface area (Å²) in [6, 6.07) is 17.2. The number of benzene rings is 2. The van der Waals surface area contributed by atoms with E-state index in [1.807, 2.05) is 45.0 Å². The first-order valence-electron chi connectivity index (χ1n) is 8.79. The smallest absolute Gasteiger partial charge is 0.263 e. The highest BCUT2D eigenvalue weighted by molar-refractivity contribution is 7.92. The summed E-state index contributed by atoms with van der Waals surface area (Å²) in [5, 5.41) is 11.1. The third kappa shape index (κ3) is 4.98. The SMILES string of the molecule is Cc1ccccc1Nc1ccc(NS(=O)(=O)c2ccc(OC(C)C)cc2)nn1. The molecule has 0 aliphatic rings. The summed E-state index contributed by atoms with van der Waals surface area (Å²) in [6.45, 7) is 5.79. The van der Waals surface area contributed by atoms with Gasteiger partial charge >= 0.3 is 0 Å². The summed E-state index contributed by atoms with van der Waals surface area (Å²) < 4.78 is 33.0. The second kappa shape index (κ2) is 8.26. The Balaban J connectivity index is 1.69. The summed E-state index contributed by atoms with van der Waals surface area (Å²) >= 11 is 0. The van der Waals surface area contributed by atoms with Gasteiger partial charge in [-0.05, 0) is 68.8 Å². The fourth-order valence-corrected chi connectivity index (χ4v) is 3.47. The van der Waals surface area contributed by atoms with E-state index < -0.39 is 10.0 Å². The van der Waals surface area contributed by atoms with E-state index in [0.29, 0.717) is 11.6 Å². The Bertz CT molecular complexity index is 1030. The molecule has 0 aliphatic heterocycles. The summed E-state index contributed by atoms with van der Waals surface area (Å²) in [5.74, 6) is 1.27. The largest absolute Gasteiger partial charge is 0.491 e. The number of aryl methyl sites for hydroxylation is 1. The second-order valence-corrected chi connectivity index (χ2v) is 8.17. The van der Waals surface area contributed by atoms with E-state index in [1.54, 1.807) is 24.3 Å². The Morgan fingerprint density at radius 1 is 0.893 bits per heavy atom.